The zero-order valence-electron chi connectivity index (χ0n) is 20.2. The molecule has 11 nitrogen and oxygen atoms in total. The van der Waals surface area contributed by atoms with Gasteiger partial charge in [0.25, 0.3) is 0 Å². The van der Waals surface area contributed by atoms with E-state index >= 15 is 0 Å². The van der Waals surface area contributed by atoms with Gasteiger partial charge < -0.3 is 35.1 Å². The molecule has 1 aliphatic rings. The molecule has 198 valence electrons. The number of phenols is 1. The van der Waals surface area contributed by atoms with Crippen molar-refractivity contribution in [2.45, 2.75) is 26.1 Å². The zero-order valence-corrected chi connectivity index (χ0v) is 22.5. The van der Waals surface area contributed by atoms with Crippen molar-refractivity contribution in [1.29, 1.82) is 0 Å². The third-order valence-corrected chi connectivity index (χ3v) is 5.90. The lowest BCUT2D eigenvalue weighted by molar-refractivity contribution is -0.136. The van der Waals surface area contributed by atoms with Crippen molar-refractivity contribution in [3.8, 4) is 17.2 Å². The van der Waals surface area contributed by atoms with Gasteiger partial charge >= 0.3 is 12.0 Å². The van der Waals surface area contributed by atoms with E-state index in [1.54, 1.807) is 44.2 Å². The molecule has 37 heavy (non-hydrogen) atoms. The molecule has 0 unspecified atom stereocenters. The number of hydrogen-bond donors (Lipinski definition) is 5. The van der Waals surface area contributed by atoms with Crippen LogP contribution in [-0.2, 0) is 9.53 Å². The topological polar surface area (TPSA) is 151 Å². The van der Waals surface area contributed by atoms with Crippen LogP contribution in [0, 0.1) is 0 Å². The first-order chi connectivity index (χ1) is 17.6. The van der Waals surface area contributed by atoms with Crippen LogP contribution in [-0.4, -0.2) is 55.0 Å². The van der Waals surface area contributed by atoms with E-state index < -0.39 is 24.3 Å². The molecular formula is C24H26BrClN4O7. The van der Waals surface area contributed by atoms with Gasteiger partial charge in [0.1, 0.15) is 12.4 Å². The van der Waals surface area contributed by atoms with Gasteiger partial charge in [-0.1, -0.05) is 33.6 Å². The Hall–Kier alpha value is -3.48. The van der Waals surface area contributed by atoms with E-state index in [-0.39, 0.29) is 23.0 Å². The summed E-state index contributed by atoms with van der Waals surface area (Å²) in [4.78, 5) is 24.4. The fraction of sp³-hybridized carbons (Fsp3) is 0.292. The van der Waals surface area contributed by atoms with Crippen molar-refractivity contribution in [1.82, 2.24) is 16.1 Å². The van der Waals surface area contributed by atoms with Gasteiger partial charge in [-0.3, -0.25) is 5.43 Å². The number of aliphatic hydroxyl groups excluding tert-OH is 1. The summed E-state index contributed by atoms with van der Waals surface area (Å²) in [6, 6.07) is 6.85. The van der Waals surface area contributed by atoms with Gasteiger partial charge in [0.15, 0.2) is 17.7 Å². The number of nitrogens with one attached hydrogen (secondary N) is 3. The minimum absolute atomic E-state index is 0.145. The molecule has 2 aromatic carbocycles. The highest BCUT2D eigenvalue weighted by atomic mass is 79.9. The quantitative estimate of drug-likeness (QED) is 0.121. The van der Waals surface area contributed by atoms with Crippen LogP contribution < -0.4 is 25.5 Å². The number of nitrogens with zero attached hydrogens (tertiary/aromatic N) is 1. The summed E-state index contributed by atoms with van der Waals surface area (Å²) in [5.41, 5.74) is 4.05. The highest BCUT2D eigenvalue weighted by Gasteiger charge is 2.32. The van der Waals surface area contributed by atoms with Crippen LogP contribution >= 0.6 is 27.5 Å². The molecule has 0 spiro atoms. The highest BCUT2D eigenvalue weighted by molar-refractivity contribution is 9.10. The maximum atomic E-state index is 12.4. The summed E-state index contributed by atoms with van der Waals surface area (Å²) in [7, 11) is 1.26. The third-order valence-electron chi connectivity index (χ3n) is 5.16. The molecule has 1 aliphatic heterocycles. The Labute approximate surface area is 226 Å². The fourth-order valence-corrected chi connectivity index (χ4v) is 4.33. The smallest absolute Gasteiger partial charge is 0.337 e. The Morgan fingerprint density at radius 2 is 2.05 bits per heavy atom. The minimum atomic E-state index is -1.20. The molecule has 2 aromatic rings. The van der Waals surface area contributed by atoms with Gasteiger partial charge in [-0.2, -0.15) is 5.10 Å². The second kappa shape index (κ2) is 12.7. The molecule has 0 radical (unpaired) electrons. The maximum absolute atomic E-state index is 12.4. The monoisotopic (exact) mass is 596 g/mol. The van der Waals surface area contributed by atoms with E-state index in [2.05, 4.69) is 37.1 Å². The maximum Gasteiger partial charge on any atom is 0.337 e. The molecule has 0 fully saturated rings. The molecule has 0 bridgehead atoms. The number of urea groups is 1. The summed E-state index contributed by atoms with van der Waals surface area (Å²) in [5, 5.41) is 29.6. The number of carbonyl (C=O) groups is 2. The zero-order chi connectivity index (χ0) is 27.1. The van der Waals surface area contributed by atoms with Gasteiger partial charge in [0.2, 0.25) is 0 Å². The van der Waals surface area contributed by atoms with E-state index in [1.165, 1.54) is 13.3 Å². The molecule has 0 saturated heterocycles. The molecule has 2 atom stereocenters. The number of phenolic OH excluding ortho intramolecular Hbond substituents is 1. The van der Waals surface area contributed by atoms with Crippen molar-refractivity contribution in [3.05, 3.63) is 62.2 Å². The number of carbonyl (C=O) groups excluding carboxylic acids is 2. The van der Waals surface area contributed by atoms with Gasteiger partial charge in [0, 0.05) is 15.7 Å². The number of aliphatic hydroxyl groups is 1. The van der Waals surface area contributed by atoms with Gasteiger partial charge in [-0.25, -0.2) is 9.59 Å². The fourth-order valence-electron chi connectivity index (χ4n) is 3.50. The molecule has 2 amide bonds. The number of allylic oxidation sites excluding steroid dienone is 1. The van der Waals surface area contributed by atoms with E-state index in [0.29, 0.717) is 39.4 Å². The second-order valence-corrected chi connectivity index (χ2v) is 9.06. The number of halogens is 2. The minimum Gasteiger partial charge on any atom is -0.506 e. The first-order valence-electron chi connectivity index (χ1n) is 11.0. The molecule has 3 rings (SSSR count). The molecule has 13 heteroatoms. The first kappa shape index (κ1) is 28.1. The predicted molar refractivity (Wildman–Crippen MR) is 140 cm³/mol. The second-order valence-electron chi connectivity index (χ2n) is 7.74. The van der Waals surface area contributed by atoms with Gasteiger partial charge in [0.05, 0.1) is 36.6 Å². The first-order valence-corrected chi connectivity index (χ1v) is 12.2. The Morgan fingerprint density at radius 3 is 2.76 bits per heavy atom. The Bertz CT molecular complexity index is 1240. The van der Waals surface area contributed by atoms with Crippen LogP contribution in [0.15, 0.2) is 51.2 Å². The SMILES string of the molecule is CCOc1cc([C@H]2NC(=O)NC(C)=C2C(=O)OC)ccc1OC[C@@H](O)N/N=C/c1cc(Br)cc(Cl)c1O. The van der Waals surface area contributed by atoms with Crippen molar-refractivity contribution in [3.63, 3.8) is 0 Å². The Balaban J connectivity index is 1.72. The normalized spacial score (nSPS) is 16.2. The summed E-state index contributed by atoms with van der Waals surface area (Å²) in [5.74, 6) is -0.0547. The van der Waals surface area contributed by atoms with Crippen LogP contribution in [0.25, 0.3) is 0 Å². The predicted octanol–water partition coefficient (Wildman–Crippen LogP) is 3.33. The highest BCUT2D eigenvalue weighted by Crippen LogP contribution is 2.35. The molecule has 1 heterocycles. The standard InChI is InChI=1S/C24H26BrClN4O7/c1-4-36-18-8-13(21-20(23(33)35-3)12(2)28-24(34)29-21)5-6-17(18)37-11-19(31)30-27-10-14-7-15(25)9-16(26)22(14)32/h5-10,19,21,30-32H,4,11H2,1-3H3,(H2,28,29,34)/b27-10+/t19-,21-/m1/s1. The van der Waals surface area contributed by atoms with E-state index in [4.69, 9.17) is 25.8 Å². The van der Waals surface area contributed by atoms with Crippen molar-refractivity contribution < 1.29 is 34.0 Å². The number of hydrogen-bond acceptors (Lipinski definition) is 9. The van der Waals surface area contributed by atoms with Crippen molar-refractivity contribution >= 4 is 45.7 Å². The van der Waals surface area contributed by atoms with Crippen molar-refractivity contribution in [2.75, 3.05) is 20.3 Å². The number of esters is 1. The third kappa shape index (κ3) is 7.06. The molecule has 0 aliphatic carbocycles. The Morgan fingerprint density at radius 1 is 1.30 bits per heavy atom. The number of benzene rings is 2. The van der Waals surface area contributed by atoms with E-state index in [1.807, 2.05) is 0 Å². The lowest BCUT2D eigenvalue weighted by Crippen LogP contribution is -2.45. The van der Waals surface area contributed by atoms with E-state index in [9.17, 15) is 19.8 Å². The summed E-state index contributed by atoms with van der Waals surface area (Å²) in [6.07, 6.45) is 0.104. The Kier molecular flexibility index (Phi) is 9.61. The van der Waals surface area contributed by atoms with Gasteiger partial charge in [-0.15, -0.1) is 0 Å². The molecule has 5 N–H and O–H groups in total. The van der Waals surface area contributed by atoms with E-state index in [0.717, 1.165) is 0 Å². The summed E-state index contributed by atoms with van der Waals surface area (Å²) >= 11 is 9.21. The lowest BCUT2D eigenvalue weighted by Gasteiger charge is -2.28. The van der Waals surface area contributed by atoms with Crippen LogP contribution in [0.2, 0.25) is 5.02 Å². The van der Waals surface area contributed by atoms with Crippen LogP contribution in [0.1, 0.15) is 31.0 Å². The van der Waals surface area contributed by atoms with Crippen LogP contribution in [0.4, 0.5) is 4.79 Å². The largest absolute Gasteiger partial charge is 0.506 e. The summed E-state index contributed by atoms with van der Waals surface area (Å²) < 4.78 is 16.9. The van der Waals surface area contributed by atoms with Crippen LogP contribution in [0.5, 0.6) is 17.2 Å². The number of rotatable bonds is 10. The molecular weight excluding hydrogens is 572 g/mol. The summed E-state index contributed by atoms with van der Waals surface area (Å²) in [6.45, 7) is 3.53. The van der Waals surface area contributed by atoms with Crippen molar-refractivity contribution in [2.24, 2.45) is 5.10 Å². The molecule has 0 aromatic heterocycles. The van der Waals surface area contributed by atoms with Gasteiger partial charge in [-0.05, 0) is 43.7 Å². The lowest BCUT2D eigenvalue weighted by atomic mass is 9.95. The number of amides is 2. The average molecular weight is 598 g/mol. The number of methoxy groups -OCH3 is 1. The van der Waals surface area contributed by atoms with Crippen LogP contribution in [0.3, 0.4) is 0 Å². The number of hydrazone groups is 1. The number of aromatic hydroxyl groups is 1. The number of ether oxygens (including phenoxy) is 3. The average Bonchev–Trinajstić information content (AvgIpc) is 2.85. The molecule has 0 saturated carbocycles.